The summed E-state index contributed by atoms with van der Waals surface area (Å²) in [6.45, 7) is 0. The topological polar surface area (TPSA) is 45.8 Å². The minimum absolute atomic E-state index is 0.429. The first kappa shape index (κ1) is 12.3. The lowest BCUT2D eigenvalue weighted by Crippen LogP contribution is -2.14. The third-order valence-electron chi connectivity index (χ3n) is 2.27. The van der Waals surface area contributed by atoms with Crippen LogP contribution in [-0.4, -0.2) is 9.97 Å². The molecular weight excluding hydrogens is 252 g/mol. The molecule has 1 heterocycles. The average molecular weight is 258 g/mol. The van der Waals surface area contributed by atoms with Gasteiger partial charge >= 0.3 is 11.9 Å². The number of aromatic nitrogens is 2. The second kappa shape index (κ2) is 4.25. The molecule has 7 heteroatoms. The van der Waals surface area contributed by atoms with E-state index in [9.17, 15) is 22.4 Å². The van der Waals surface area contributed by atoms with Crippen LogP contribution < -0.4 is 5.69 Å². The molecule has 2 rings (SSSR count). The van der Waals surface area contributed by atoms with Gasteiger partial charge in [0.1, 0.15) is 0 Å². The largest absolute Gasteiger partial charge is 0.417 e. The number of benzene rings is 1. The van der Waals surface area contributed by atoms with Crippen molar-refractivity contribution in [2.75, 3.05) is 0 Å². The minimum Gasteiger partial charge on any atom is -0.303 e. The molecule has 1 N–H and O–H groups in total. The fourth-order valence-corrected chi connectivity index (χ4v) is 1.52. The van der Waals surface area contributed by atoms with Crippen molar-refractivity contribution in [3.63, 3.8) is 0 Å². The molecule has 0 unspecified atom stereocenters. The van der Waals surface area contributed by atoms with E-state index in [4.69, 9.17) is 0 Å². The van der Waals surface area contributed by atoms with Crippen molar-refractivity contribution >= 4 is 0 Å². The molecule has 0 amide bonds. The van der Waals surface area contributed by atoms with E-state index in [1.165, 1.54) is 12.1 Å². The van der Waals surface area contributed by atoms with Gasteiger partial charge in [0, 0.05) is 5.56 Å². The highest BCUT2D eigenvalue weighted by atomic mass is 19.4. The van der Waals surface area contributed by atoms with E-state index in [0.717, 1.165) is 12.1 Å². The second-order valence-corrected chi connectivity index (χ2v) is 3.45. The minimum atomic E-state index is -4.64. The Bertz CT molecular complexity index is 633. The highest BCUT2D eigenvalue weighted by Gasteiger charge is 2.34. The Morgan fingerprint density at radius 3 is 2.50 bits per heavy atom. The number of rotatable bonds is 1. The monoisotopic (exact) mass is 258 g/mol. The molecule has 0 fully saturated rings. The van der Waals surface area contributed by atoms with Gasteiger partial charge < -0.3 is 4.98 Å². The van der Waals surface area contributed by atoms with E-state index in [1.807, 2.05) is 4.98 Å². The van der Waals surface area contributed by atoms with Crippen molar-refractivity contribution in [3.8, 4) is 11.3 Å². The van der Waals surface area contributed by atoms with Crippen LogP contribution in [0.15, 0.2) is 35.3 Å². The van der Waals surface area contributed by atoms with Crippen LogP contribution in [0, 0.1) is 5.82 Å². The van der Waals surface area contributed by atoms with Gasteiger partial charge in [0.2, 0.25) is 0 Å². The first-order valence-electron chi connectivity index (χ1n) is 4.81. The van der Waals surface area contributed by atoms with E-state index < -0.39 is 34.5 Å². The quantitative estimate of drug-likeness (QED) is 0.799. The first-order valence-corrected chi connectivity index (χ1v) is 4.81. The van der Waals surface area contributed by atoms with Crippen molar-refractivity contribution in [2.45, 2.75) is 6.18 Å². The van der Waals surface area contributed by atoms with Crippen LogP contribution in [0.1, 0.15) is 5.56 Å². The number of alkyl halides is 3. The van der Waals surface area contributed by atoms with E-state index in [1.54, 1.807) is 0 Å². The Kier molecular flexibility index (Phi) is 2.90. The number of hydrogen-bond donors (Lipinski definition) is 1. The lowest BCUT2D eigenvalue weighted by molar-refractivity contribution is -0.137. The van der Waals surface area contributed by atoms with E-state index in [2.05, 4.69) is 4.98 Å². The molecule has 0 radical (unpaired) electrons. The van der Waals surface area contributed by atoms with Crippen LogP contribution in [0.4, 0.5) is 17.6 Å². The van der Waals surface area contributed by atoms with E-state index in [-0.39, 0.29) is 0 Å². The number of aromatic amines is 1. The van der Waals surface area contributed by atoms with E-state index in [0.29, 0.717) is 6.20 Å². The zero-order valence-corrected chi connectivity index (χ0v) is 8.75. The van der Waals surface area contributed by atoms with Gasteiger partial charge in [-0.05, 0) is 6.07 Å². The molecule has 94 valence electrons. The molecule has 0 spiro atoms. The van der Waals surface area contributed by atoms with Crippen molar-refractivity contribution in [1.82, 2.24) is 9.97 Å². The predicted octanol–water partition coefficient (Wildman–Crippen LogP) is 2.59. The normalized spacial score (nSPS) is 11.6. The molecular formula is C11H6F4N2O. The fraction of sp³-hybridized carbons (Fsp3) is 0.0909. The van der Waals surface area contributed by atoms with Gasteiger partial charge in [0.05, 0.1) is 17.5 Å². The summed E-state index contributed by atoms with van der Waals surface area (Å²) in [6.07, 6.45) is -4.05. The summed E-state index contributed by atoms with van der Waals surface area (Å²) in [6, 6.07) is 4.40. The Labute approximate surface area is 98.1 Å². The standard InChI is InChI=1S/C11H6F4N2O/c12-8-5-16-10(18)17-9(8)6-3-1-2-4-7(6)11(13,14)15/h1-5H,(H,16,17,18). The van der Waals surface area contributed by atoms with Crippen LogP contribution in [0.3, 0.4) is 0 Å². The summed E-state index contributed by atoms with van der Waals surface area (Å²) in [7, 11) is 0. The van der Waals surface area contributed by atoms with E-state index >= 15 is 0 Å². The molecule has 0 aliphatic rings. The predicted molar refractivity (Wildman–Crippen MR) is 55.3 cm³/mol. The lowest BCUT2D eigenvalue weighted by atomic mass is 10.0. The molecule has 2 aromatic rings. The summed E-state index contributed by atoms with van der Waals surface area (Å²) in [5.74, 6) is -1.02. The molecule has 0 aliphatic heterocycles. The first-order chi connectivity index (χ1) is 8.39. The highest BCUT2D eigenvalue weighted by molar-refractivity contribution is 5.64. The summed E-state index contributed by atoms with van der Waals surface area (Å²) in [4.78, 5) is 16.0. The second-order valence-electron chi connectivity index (χ2n) is 3.45. The molecule has 3 nitrogen and oxygen atoms in total. The summed E-state index contributed by atoms with van der Waals surface area (Å²) in [5, 5.41) is 0. The summed E-state index contributed by atoms with van der Waals surface area (Å²) >= 11 is 0. The maximum atomic E-state index is 13.4. The summed E-state index contributed by atoms with van der Waals surface area (Å²) < 4.78 is 51.6. The van der Waals surface area contributed by atoms with Gasteiger partial charge in [-0.15, -0.1) is 0 Å². The Morgan fingerprint density at radius 2 is 1.83 bits per heavy atom. The Morgan fingerprint density at radius 1 is 1.17 bits per heavy atom. The van der Waals surface area contributed by atoms with Crippen molar-refractivity contribution in [3.05, 3.63) is 52.3 Å². The van der Waals surface area contributed by atoms with Gasteiger partial charge in [-0.25, -0.2) is 9.18 Å². The van der Waals surface area contributed by atoms with Gasteiger partial charge in [-0.2, -0.15) is 18.2 Å². The molecule has 0 saturated heterocycles. The molecule has 0 aliphatic carbocycles. The van der Waals surface area contributed by atoms with Crippen LogP contribution in [-0.2, 0) is 6.18 Å². The van der Waals surface area contributed by atoms with Crippen LogP contribution in [0.25, 0.3) is 11.3 Å². The number of hydrogen-bond acceptors (Lipinski definition) is 2. The molecule has 1 aromatic carbocycles. The van der Waals surface area contributed by atoms with Gasteiger partial charge in [0.15, 0.2) is 5.82 Å². The van der Waals surface area contributed by atoms with Crippen molar-refractivity contribution in [1.29, 1.82) is 0 Å². The van der Waals surface area contributed by atoms with Crippen LogP contribution in [0.5, 0.6) is 0 Å². The molecule has 0 atom stereocenters. The smallest absolute Gasteiger partial charge is 0.303 e. The number of nitrogens with zero attached hydrogens (tertiary/aromatic N) is 1. The zero-order valence-electron chi connectivity index (χ0n) is 8.75. The molecule has 1 aromatic heterocycles. The molecule has 0 saturated carbocycles. The Balaban J connectivity index is 2.72. The third kappa shape index (κ3) is 2.24. The lowest BCUT2D eigenvalue weighted by Gasteiger charge is -2.12. The number of halogens is 4. The average Bonchev–Trinajstić information content (AvgIpc) is 2.31. The maximum Gasteiger partial charge on any atom is 0.417 e. The summed E-state index contributed by atoms with van der Waals surface area (Å²) in [5.41, 5.74) is -2.89. The Hall–Kier alpha value is -2.18. The highest BCUT2D eigenvalue weighted by Crippen LogP contribution is 2.36. The van der Waals surface area contributed by atoms with Gasteiger partial charge in [0.25, 0.3) is 0 Å². The number of H-pyrrole nitrogens is 1. The molecule has 18 heavy (non-hydrogen) atoms. The van der Waals surface area contributed by atoms with Crippen molar-refractivity contribution in [2.24, 2.45) is 0 Å². The SMILES string of the molecule is O=c1ncc(F)c(-c2ccccc2C(F)(F)F)[nH]1. The zero-order chi connectivity index (χ0) is 13.3. The fourth-order valence-electron chi connectivity index (χ4n) is 1.52. The van der Waals surface area contributed by atoms with Crippen LogP contribution in [0.2, 0.25) is 0 Å². The van der Waals surface area contributed by atoms with Crippen molar-refractivity contribution < 1.29 is 17.6 Å². The molecule has 0 bridgehead atoms. The third-order valence-corrected chi connectivity index (χ3v) is 2.27. The maximum absolute atomic E-state index is 13.4. The number of nitrogens with one attached hydrogen (secondary N) is 1. The van der Waals surface area contributed by atoms with Gasteiger partial charge in [-0.1, -0.05) is 18.2 Å². The van der Waals surface area contributed by atoms with Crippen LogP contribution >= 0.6 is 0 Å². The van der Waals surface area contributed by atoms with Gasteiger partial charge in [-0.3, -0.25) is 0 Å².